The summed E-state index contributed by atoms with van der Waals surface area (Å²) < 4.78 is 19.9. The SMILES string of the molecule is C=C(C(C)=N)C(=NC(=NC)c1ccc(SN)cc1)OC1CCNCC1F. The summed E-state index contributed by atoms with van der Waals surface area (Å²) in [5.41, 5.74) is 1.29. The van der Waals surface area contributed by atoms with Crippen LogP contribution < -0.4 is 10.5 Å². The molecule has 1 heterocycles. The highest BCUT2D eigenvalue weighted by Gasteiger charge is 2.28. The molecular formula is C18H24FN5OS. The number of halogens is 1. The molecule has 0 amide bonds. The maximum Gasteiger partial charge on any atom is 0.224 e. The van der Waals surface area contributed by atoms with Crippen molar-refractivity contribution in [3.05, 3.63) is 42.0 Å². The van der Waals surface area contributed by atoms with Gasteiger partial charge in [-0.3, -0.25) is 10.1 Å². The molecular weight excluding hydrogens is 353 g/mol. The van der Waals surface area contributed by atoms with E-state index >= 15 is 0 Å². The molecule has 1 aromatic rings. The first kappa shape index (κ1) is 20.3. The van der Waals surface area contributed by atoms with E-state index in [1.807, 2.05) is 24.3 Å². The Bertz CT molecular complexity index is 717. The lowest BCUT2D eigenvalue weighted by Gasteiger charge is -2.28. The van der Waals surface area contributed by atoms with Crippen molar-refractivity contribution < 1.29 is 9.13 Å². The Morgan fingerprint density at radius 1 is 1.42 bits per heavy atom. The van der Waals surface area contributed by atoms with Crippen LogP contribution >= 0.6 is 11.9 Å². The fraction of sp³-hybridized carbons (Fsp3) is 0.389. The number of nitrogens with one attached hydrogen (secondary N) is 2. The molecule has 8 heteroatoms. The molecule has 0 spiro atoms. The van der Waals surface area contributed by atoms with E-state index < -0.39 is 12.3 Å². The highest BCUT2D eigenvalue weighted by molar-refractivity contribution is 7.97. The van der Waals surface area contributed by atoms with Gasteiger partial charge in [-0.1, -0.05) is 18.7 Å². The van der Waals surface area contributed by atoms with Gasteiger partial charge < -0.3 is 15.5 Å². The number of alkyl halides is 1. The van der Waals surface area contributed by atoms with Gasteiger partial charge in [0.15, 0.2) is 5.84 Å². The average Bonchev–Trinajstić information content (AvgIpc) is 2.66. The van der Waals surface area contributed by atoms with Crippen LogP contribution in [0, 0.1) is 5.41 Å². The highest BCUT2D eigenvalue weighted by Crippen LogP contribution is 2.17. The predicted molar refractivity (Wildman–Crippen MR) is 106 cm³/mol. The third kappa shape index (κ3) is 5.23. The number of hydrogen-bond donors (Lipinski definition) is 3. The Balaban J connectivity index is 2.31. The largest absolute Gasteiger partial charge is 0.471 e. The van der Waals surface area contributed by atoms with Crippen molar-refractivity contribution in [2.45, 2.75) is 30.5 Å². The number of hydrogen-bond acceptors (Lipinski definition) is 6. The van der Waals surface area contributed by atoms with Gasteiger partial charge in [0.2, 0.25) is 5.90 Å². The van der Waals surface area contributed by atoms with Crippen LogP contribution in [0.15, 0.2) is 51.3 Å². The third-order valence-electron chi connectivity index (χ3n) is 3.99. The van der Waals surface area contributed by atoms with E-state index in [0.717, 1.165) is 22.4 Å². The van der Waals surface area contributed by atoms with Crippen LogP contribution in [0.1, 0.15) is 18.9 Å². The molecule has 0 aliphatic carbocycles. The molecule has 6 nitrogen and oxygen atoms in total. The number of amidine groups is 1. The first-order chi connectivity index (χ1) is 12.5. The first-order valence-corrected chi connectivity index (χ1v) is 9.13. The number of piperidine rings is 1. The second-order valence-corrected chi connectivity index (χ2v) is 6.58. The van der Waals surface area contributed by atoms with Gasteiger partial charge in [0.1, 0.15) is 12.3 Å². The fourth-order valence-corrected chi connectivity index (χ4v) is 2.71. The number of ether oxygens (including phenoxy) is 1. The van der Waals surface area contributed by atoms with Crippen LogP contribution in [0.25, 0.3) is 0 Å². The zero-order valence-corrected chi connectivity index (χ0v) is 15.8. The van der Waals surface area contributed by atoms with Gasteiger partial charge in [0, 0.05) is 29.8 Å². The number of aliphatic imine (C=N–C) groups is 2. The van der Waals surface area contributed by atoms with Gasteiger partial charge in [-0.2, -0.15) is 4.99 Å². The summed E-state index contributed by atoms with van der Waals surface area (Å²) >= 11 is 1.15. The minimum Gasteiger partial charge on any atom is -0.471 e. The highest BCUT2D eigenvalue weighted by atomic mass is 32.2. The zero-order chi connectivity index (χ0) is 19.1. The first-order valence-electron chi connectivity index (χ1n) is 8.25. The maximum atomic E-state index is 14.1. The van der Waals surface area contributed by atoms with Crippen LogP contribution in [0.3, 0.4) is 0 Å². The van der Waals surface area contributed by atoms with E-state index in [1.165, 1.54) is 0 Å². The smallest absolute Gasteiger partial charge is 0.224 e. The van der Waals surface area contributed by atoms with E-state index in [1.54, 1.807) is 14.0 Å². The second-order valence-electron chi connectivity index (χ2n) is 5.88. The van der Waals surface area contributed by atoms with Gasteiger partial charge in [-0.05, 0) is 44.0 Å². The summed E-state index contributed by atoms with van der Waals surface area (Å²) in [6.07, 6.45) is -1.25. The number of rotatable bonds is 5. The quantitative estimate of drug-likeness (QED) is 0.418. The summed E-state index contributed by atoms with van der Waals surface area (Å²) in [6.45, 7) is 6.36. The molecule has 1 aliphatic heterocycles. The lowest BCUT2D eigenvalue weighted by molar-refractivity contribution is 0.0647. The fourth-order valence-electron chi connectivity index (χ4n) is 2.42. The van der Waals surface area contributed by atoms with Gasteiger partial charge in [-0.25, -0.2) is 4.39 Å². The molecule has 2 atom stereocenters. The van der Waals surface area contributed by atoms with Crippen molar-refractivity contribution in [1.29, 1.82) is 5.41 Å². The van der Waals surface area contributed by atoms with Crippen molar-refractivity contribution in [3.8, 4) is 0 Å². The molecule has 1 aromatic carbocycles. The van der Waals surface area contributed by atoms with Crippen molar-refractivity contribution in [2.24, 2.45) is 15.1 Å². The molecule has 2 rings (SSSR count). The molecule has 26 heavy (non-hydrogen) atoms. The van der Waals surface area contributed by atoms with Crippen molar-refractivity contribution in [1.82, 2.24) is 5.32 Å². The topological polar surface area (TPSA) is 95.9 Å². The molecule has 0 radical (unpaired) electrons. The van der Waals surface area contributed by atoms with E-state index in [2.05, 4.69) is 21.9 Å². The molecule has 0 bridgehead atoms. The van der Waals surface area contributed by atoms with E-state index in [0.29, 0.717) is 24.4 Å². The molecule has 0 aromatic heterocycles. The minimum absolute atomic E-state index is 0.130. The Hall–Kier alpha value is -2.03. The van der Waals surface area contributed by atoms with Crippen LogP contribution in [-0.4, -0.2) is 49.9 Å². The van der Waals surface area contributed by atoms with E-state index in [9.17, 15) is 4.39 Å². The van der Waals surface area contributed by atoms with E-state index in [-0.39, 0.29) is 18.2 Å². The molecule has 4 N–H and O–H groups in total. The lowest BCUT2D eigenvalue weighted by atomic mass is 10.1. The Morgan fingerprint density at radius 2 is 2.12 bits per heavy atom. The molecule has 140 valence electrons. The Morgan fingerprint density at radius 3 is 2.65 bits per heavy atom. The summed E-state index contributed by atoms with van der Waals surface area (Å²) in [6, 6.07) is 7.42. The number of nitrogens with two attached hydrogens (primary N) is 1. The summed E-state index contributed by atoms with van der Waals surface area (Å²) in [7, 11) is 1.62. The van der Waals surface area contributed by atoms with Crippen LogP contribution in [0.5, 0.6) is 0 Å². The van der Waals surface area contributed by atoms with Gasteiger partial charge in [0.05, 0.1) is 5.57 Å². The average molecular weight is 377 g/mol. The van der Waals surface area contributed by atoms with Gasteiger partial charge in [0.25, 0.3) is 0 Å². The summed E-state index contributed by atoms with van der Waals surface area (Å²) in [5, 5.41) is 16.4. The summed E-state index contributed by atoms with van der Waals surface area (Å²) in [5.74, 6) is 0.547. The molecule has 0 saturated carbocycles. The molecule has 2 unspecified atom stereocenters. The van der Waals surface area contributed by atoms with Gasteiger partial charge >= 0.3 is 0 Å². The predicted octanol–water partition coefficient (Wildman–Crippen LogP) is 2.74. The Labute approximate surface area is 157 Å². The van der Waals surface area contributed by atoms with E-state index in [4.69, 9.17) is 15.3 Å². The summed E-state index contributed by atoms with van der Waals surface area (Å²) in [4.78, 5) is 9.57. The number of nitrogens with zero attached hydrogens (tertiary/aromatic N) is 2. The van der Waals surface area contributed by atoms with Crippen molar-refractivity contribution in [2.75, 3.05) is 20.1 Å². The normalized spacial score (nSPS) is 21.4. The molecule has 1 aliphatic rings. The maximum absolute atomic E-state index is 14.1. The second kappa shape index (κ2) is 9.61. The molecule has 1 fully saturated rings. The van der Waals surface area contributed by atoms with Crippen molar-refractivity contribution >= 4 is 29.4 Å². The monoisotopic (exact) mass is 377 g/mol. The van der Waals surface area contributed by atoms with Crippen LogP contribution in [0.2, 0.25) is 0 Å². The standard InChI is InChI=1S/C18H24FN5OS/c1-11(12(2)20)18(25-16-8-9-23-10-15(16)19)24-17(22-3)13-4-6-14(26-21)7-5-13/h4-7,15-16,20,23H,1,8-10,21H2,2-3H3. The molecule has 1 saturated heterocycles. The third-order valence-corrected chi connectivity index (χ3v) is 4.53. The van der Waals surface area contributed by atoms with Crippen molar-refractivity contribution in [3.63, 3.8) is 0 Å². The number of benzene rings is 1. The zero-order valence-electron chi connectivity index (χ0n) is 15.0. The lowest BCUT2D eigenvalue weighted by Crippen LogP contribution is -2.44. The van der Waals surface area contributed by atoms with Crippen LogP contribution in [0.4, 0.5) is 4.39 Å². The minimum atomic E-state index is -1.14. The Kier molecular flexibility index (Phi) is 7.50. The van der Waals surface area contributed by atoms with Gasteiger partial charge in [-0.15, -0.1) is 0 Å². The van der Waals surface area contributed by atoms with Crippen LogP contribution in [-0.2, 0) is 4.74 Å².